The molecule has 33 heavy (non-hydrogen) atoms. The van der Waals surface area contributed by atoms with E-state index >= 15 is 0 Å². The highest BCUT2D eigenvalue weighted by atomic mass is 79.9. The predicted octanol–water partition coefficient (Wildman–Crippen LogP) is 6.08. The number of rotatable bonds is 6. The lowest BCUT2D eigenvalue weighted by Crippen LogP contribution is -2.13. The lowest BCUT2D eigenvalue weighted by Gasteiger charge is -2.09. The number of carbonyl (C=O) groups is 1. The van der Waals surface area contributed by atoms with E-state index in [4.69, 9.17) is 11.6 Å². The van der Waals surface area contributed by atoms with Crippen molar-refractivity contribution in [3.8, 4) is 0 Å². The molecule has 4 rings (SSSR count). The number of anilines is 1. The third-order valence-electron chi connectivity index (χ3n) is 5.68. The van der Waals surface area contributed by atoms with Crippen LogP contribution in [0.3, 0.4) is 0 Å². The molecule has 0 spiro atoms. The Morgan fingerprint density at radius 3 is 2.18 bits per heavy atom. The number of nitrogens with one attached hydrogen (secondary N) is 1. The second-order valence-corrected chi connectivity index (χ2v) is 9.36. The van der Waals surface area contributed by atoms with Gasteiger partial charge in [-0.05, 0) is 79.0 Å². The molecule has 0 fully saturated rings. The minimum atomic E-state index is -0.163. The van der Waals surface area contributed by atoms with E-state index in [1.54, 1.807) is 0 Å². The number of hydrogen-bond acceptors (Lipinski definition) is 3. The van der Waals surface area contributed by atoms with E-state index in [1.807, 2.05) is 85.6 Å². The SMILES string of the molecule is Cc1nn(Cc2ccc(C(=O)Nc3c(C)nn(Cc4cccc(Cl)c4)c3C)cc2)c(C)c1Br. The van der Waals surface area contributed by atoms with Crippen LogP contribution in [0.1, 0.15) is 44.3 Å². The lowest BCUT2D eigenvalue weighted by atomic mass is 10.1. The topological polar surface area (TPSA) is 64.7 Å². The average Bonchev–Trinajstić information content (AvgIpc) is 3.18. The Balaban J connectivity index is 1.47. The Morgan fingerprint density at radius 2 is 1.55 bits per heavy atom. The third-order valence-corrected chi connectivity index (χ3v) is 7.07. The van der Waals surface area contributed by atoms with Crippen molar-refractivity contribution in [1.82, 2.24) is 19.6 Å². The first-order valence-electron chi connectivity index (χ1n) is 10.6. The number of aromatic nitrogens is 4. The normalized spacial score (nSPS) is 11.1. The van der Waals surface area contributed by atoms with Crippen LogP contribution >= 0.6 is 27.5 Å². The summed E-state index contributed by atoms with van der Waals surface area (Å²) in [6.07, 6.45) is 0. The molecule has 0 unspecified atom stereocenters. The molecule has 6 nitrogen and oxygen atoms in total. The highest BCUT2D eigenvalue weighted by molar-refractivity contribution is 9.10. The molecule has 8 heteroatoms. The van der Waals surface area contributed by atoms with E-state index in [0.29, 0.717) is 23.7 Å². The smallest absolute Gasteiger partial charge is 0.255 e. The summed E-state index contributed by atoms with van der Waals surface area (Å²) in [5.41, 5.74) is 7.16. The molecular formula is C25H25BrClN5O. The van der Waals surface area contributed by atoms with E-state index in [0.717, 1.165) is 44.1 Å². The second-order valence-electron chi connectivity index (χ2n) is 8.13. The zero-order valence-electron chi connectivity index (χ0n) is 19.0. The zero-order valence-corrected chi connectivity index (χ0v) is 21.3. The van der Waals surface area contributed by atoms with Gasteiger partial charge in [-0.2, -0.15) is 10.2 Å². The van der Waals surface area contributed by atoms with Gasteiger partial charge in [0, 0.05) is 10.6 Å². The van der Waals surface area contributed by atoms with Gasteiger partial charge in [-0.15, -0.1) is 0 Å². The Kier molecular flexibility index (Phi) is 6.72. The van der Waals surface area contributed by atoms with E-state index < -0.39 is 0 Å². The lowest BCUT2D eigenvalue weighted by molar-refractivity contribution is 0.102. The van der Waals surface area contributed by atoms with Crippen LogP contribution in [0.2, 0.25) is 5.02 Å². The van der Waals surface area contributed by atoms with Crippen molar-refractivity contribution >= 4 is 39.1 Å². The Hall–Kier alpha value is -2.90. The van der Waals surface area contributed by atoms with E-state index in [2.05, 4.69) is 31.4 Å². The molecule has 0 aliphatic rings. The van der Waals surface area contributed by atoms with Gasteiger partial charge >= 0.3 is 0 Å². The van der Waals surface area contributed by atoms with Crippen LogP contribution in [-0.4, -0.2) is 25.5 Å². The molecule has 0 bridgehead atoms. The summed E-state index contributed by atoms with van der Waals surface area (Å²) < 4.78 is 4.86. The maximum atomic E-state index is 12.9. The summed E-state index contributed by atoms with van der Waals surface area (Å²) in [6.45, 7) is 9.09. The Morgan fingerprint density at radius 1 is 0.909 bits per heavy atom. The molecule has 0 radical (unpaired) electrons. The fourth-order valence-electron chi connectivity index (χ4n) is 3.79. The maximum Gasteiger partial charge on any atom is 0.255 e. The summed E-state index contributed by atoms with van der Waals surface area (Å²) in [4.78, 5) is 12.9. The first-order valence-corrected chi connectivity index (χ1v) is 11.8. The van der Waals surface area contributed by atoms with Crippen molar-refractivity contribution in [2.45, 2.75) is 40.8 Å². The van der Waals surface area contributed by atoms with Crippen LogP contribution in [0.15, 0.2) is 53.0 Å². The largest absolute Gasteiger partial charge is 0.319 e. The minimum absolute atomic E-state index is 0.163. The van der Waals surface area contributed by atoms with Crippen molar-refractivity contribution in [3.63, 3.8) is 0 Å². The number of carbonyl (C=O) groups excluding carboxylic acids is 1. The van der Waals surface area contributed by atoms with Gasteiger partial charge in [0.2, 0.25) is 0 Å². The molecule has 0 saturated heterocycles. The average molecular weight is 527 g/mol. The van der Waals surface area contributed by atoms with Gasteiger partial charge in [0.25, 0.3) is 5.91 Å². The first-order chi connectivity index (χ1) is 15.7. The van der Waals surface area contributed by atoms with Gasteiger partial charge in [-0.1, -0.05) is 35.9 Å². The van der Waals surface area contributed by atoms with Gasteiger partial charge in [0.05, 0.1) is 46.0 Å². The molecule has 0 aliphatic heterocycles. The molecule has 0 saturated carbocycles. The summed E-state index contributed by atoms with van der Waals surface area (Å²) in [5, 5.41) is 12.9. The molecule has 1 N–H and O–H groups in total. The molecule has 170 valence electrons. The number of benzene rings is 2. The molecule has 0 aliphatic carbocycles. The Bertz CT molecular complexity index is 1320. The van der Waals surface area contributed by atoms with Gasteiger partial charge in [0.15, 0.2) is 0 Å². The quantitative estimate of drug-likeness (QED) is 0.331. The highest BCUT2D eigenvalue weighted by Gasteiger charge is 2.16. The second kappa shape index (κ2) is 9.53. The van der Waals surface area contributed by atoms with Crippen LogP contribution < -0.4 is 5.32 Å². The van der Waals surface area contributed by atoms with Gasteiger partial charge < -0.3 is 5.32 Å². The number of hydrogen-bond donors (Lipinski definition) is 1. The maximum absolute atomic E-state index is 12.9. The van der Waals surface area contributed by atoms with Crippen LogP contribution in [0.4, 0.5) is 5.69 Å². The van der Waals surface area contributed by atoms with Crippen molar-refractivity contribution < 1.29 is 4.79 Å². The number of aryl methyl sites for hydroxylation is 2. The monoisotopic (exact) mass is 525 g/mol. The van der Waals surface area contributed by atoms with Crippen molar-refractivity contribution in [1.29, 1.82) is 0 Å². The van der Waals surface area contributed by atoms with Crippen LogP contribution in [-0.2, 0) is 13.1 Å². The van der Waals surface area contributed by atoms with E-state index in [9.17, 15) is 4.79 Å². The molecule has 2 aromatic heterocycles. The van der Waals surface area contributed by atoms with Gasteiger partial charge in [-0.3, -0.25) is 14.2 Å². The van der Waals surface area contributed by atoms with Gasteiger partial charge in [0.1, 0.15) is 0 Å². The molecule has 4 aromatic rings. The van der Waals surface area contributed by atoms with Crippen molar-refractivity contribution in [3.05, 3.63) is 97.5 Å². The minimum Gasteiger partial charge on any atom is -0.319 e. The molecule has 0 atom stereocenters. The Labute approximate surface area is 206 Å². The number of nitrogens with zero attached hydrogens (tertiary/aromatic N) is 4. The predicted molar refractivity (Wildman–Crippen MR) is 135 cm³/mol. The molecule has 2 heterocycles. The molecule has 1 amide bonds. The van der Waals surface area contributed by atoms with Crippen molar-refractivity contribution in [2.75, 3.05) is 5.32 Å². The summed E-state index contributed by atoms with van der Waals surface area (Å²) in [7, 11) is 0. The molecular weight excluding hydrogens is 502 g/mol. The number of amides is 1. The van der Waals surface area contributed by atoms with Crippen molar-refractivity contribution in [2.24, 2.45) is 0 Å². The first kappa shape index (κ1) is 23.3. The third kappa shape index (κ3) is 5.04. The highest BCUT2D eigenvalue weighted by Crippen LogP contribution is 2.23. The summed E-state index contributed by atoms with van der Waals surface area (Å²) in [6, 6.07) is 15.3. The van der Waals surface area contributed by atoms with Crippen LogP contribution in [0.25, 0.3) is 0 Å². The number of halogens is 2. The van der Waals surface area contributed by atoms with Gasteiger partial charge in [-0.25, -0.2) is 0 Å². The summed E-state index contributed by atoms with van der Waals surface area (Å²) >= 11 is 9.66. The fourth-order valence-corrected chi connectivity index (χ4v) is 4.29. The van der Waals surface area contributed by atoms with E-state index in [1.165, 1.54) is 0 Å². The molecule has 2 aromatic carbocycles. The zero-order chi connectivity index (χ0) is 23.7. The van der Waals surface area contributed by atoms with Crippen LogP contribution in [0, 0.1) is 27.7 Å². The summed E-state index contributed by atoms with van der Waals surface area (Å²) in [5.74, 6) is -0.163. The van der Waals surface area contributed by atoms with Crippen LogP contribution in [0.5, 0.6) is 0 Å². The van der Waals surface area contributed by atoms with E-state index in [-0.39, 0.29) is 5.91 Å². The standard InChI is InChI=1S/C25H25BrClN5O/c1-15-23(26)17(3)31(29-15)13-19-8-10-21(11-9-19)25(33)28-24-16(2)30-32(18(24)4)14-20-6-5-7-22(27)12-20/h5-12H,13-14H2,1-4H3,(H,28,33). The fraction of sp³-hybridized carbons (Fsp3) is 0.240.